The highest BCUT2D eigenvalue weighted by Gasteiger charge is 2.13. The van der Waals surface area contributed by atoms with Gasteiger partial charge in [-0.3, -0.25) is 0 Å². The minimum atomic E-state index is 0.157. The number of nitrogens with two attached hydrogens (primary N) is 1. The van der Waals surface area contributed by atoms with Crippen LogP contribution in [0.2, 0.25) is 0 Å². The van der Waals surface area contributed by atoms with E-state index in [2.05, 4.69) is 28.8 Å². The Morgan fingerprint density at radius 3 is 2.70 bits per heavy atom. The first-order valence-electron chi connectivity index (χ1n) is 6.89. The lowest BCUT2D eigenvalue weighted by atomic mass is 10.0. The number of terminal acetylenes is 1. The fraction of sp³-hybridized carbons (Fsp3) is 0.500. The van der Waals surface area contributed by atoms with Gasteiger partial charge in [0.15, 0.2) is 11.5 Å². The molecule has 110 valence electrons. The van der Waals surface area contributed by atoms with Gasteiger partial charge in [-0.1, -0.05) is 6.92 Å². The van der Waals surface area contributed by atoms with Gasteiger partial charge in [0.1, 0.15) is 0 Å². The van der Waals surface area contributed by atoms with E-state index in [0.29, 0.717) is 25.4 Å². The predicted octanol–water partition coefficient (Wildman–Crippen LogP) is 3.53. The molecule has 0 fully saturated rings. The van der Waals surface area contributed by atoms with Gasteiger partial charge in [-0.25, -0.2) is 0 Å². The van der Waals surface area contributed by atoms with Crippen LogP contribution in [0, 0.1) is 12.3 Å². The van der Waals surface area contributed by atoms with Crippen LogP contribution >= 0.6 is 15.9 Å². The van der Waals surface area contributed by atoms with Crippen molar-refractivity contribution in [1.29, 1.82) is 0 Å². The maximum atomic E-state index is 6.01. The van der Waals surface area contributed by atoms with Crippen molar-refractivity contribution in [3.05, 3.63) is 22.2 Å². The van der Waals surface area contributed by atoms with Gasteiger partial charge in [0.05, 0.1) is 17.7 Å². The van der Waals surface area contributed by atoms with E-state index in [0.717, 1.165) is 28.6 Å². The molecule has 1 unspecified atom stereocenters. The molecule has 1 atom stereocenters. The van der Waals surface area contributed by atoms with Gasteiger partial charge in [0, 0.05) is 12.5 Å². The molecule has 1 rings (SSSR count). The van der Waals surface area contributed by atoms with Crippen LogP contribution in [-0.4, -0.2) is 19.3 Å². The van der Waals surface area contributed by atoms with Crippen LogP contribution < -0.4 is 15.2 Å². The number of halogens is 1. The van der Waals surface area contributed by atoms with Gasteiger partial charge in [-0.05, 0) is 53.4 Å². The van der Waals surface area contributed by atoms with Crippen LogP contribution in [0.3, 0.4) is 0 Å². The van der Waals surface area contributed by atoms with E-state index in [1.54, 1.807) is 0 Å². The lowest BCUT2D eigenvalue weighted by molar-refractivity contribution is 0.280. The molecule has 0 aromatic heterocycles. The minimum Gasteiger partial charge on any atom is -0.490 e. The van der Waals surface area contributed by atoms with Crippen molar-refractivity contribution in [3.8, 4) is 23.8 Å². The molecule has 0 saturated carbocycles. The molecule has 1 aromatic carbocycles. The van der Waals surface area contributed by atoms with E-state index in [-0.39, 0.29) is 6.04 Å². The van der Waals surface area contributed by atoms with Crippen molar-refractivity contribution in [2.75, 3.05) is 13.2 Å². The fourth-order valence-electron chi connectivity index (χ4n) is 1.80. The first-order chi connectivity index (χ1) is 9.62. The van der Waals surface area contributed by atoms with Crippen molar-refractivity contribution >= 4 is 15.9 Å². The molecule has 0 saturated heterocycles. The lowest BCUT2D eigenvalue weighted by Crippen LogP contribution is -2.21. The zero-order valence-electron chi connectivity index (χ0n) is 12.1. The lowest BCUT2D eigenvalue weighted by Gasteiger charge is -2.16. The molecule has 2 N–H and O–H groups in total. The Kier molecular flexibility index (Phi) is 7.50. The van der Waals surface area contributed by atoms with Crippen LogP contribution in [0.1, 0.15) is 32.3 Å². The average Bonchev–Trinajstić information content (AvgIpc) is 2.42. The second-order valence-corrected chi connectivity index (χ2v) is 5.37. The Morgan fingerprint density at radius 2 is 2.10 bits per heavy atom. The molecule has 0 aliphatic carbocycles. The normalized spacial score (nSPS) is 11.8. The summed E-state index contributed by atoms with van der Waals surface area (Å²) in [7, 11) is 0. The molecule has 0 spiro atoms. The summed E-state index contributed by atoms with van der Waals surface area (Å²) in [6.45, 7) is 5.09. The summed E-state index contributed by atoms with van der Waals surface area (Å²) in [5.74, 6) is 3.99. The molecular weight excluding hydrogens is 318 g/mol. The van der Waals surface area contributed by atoms with Gasteiger partial charge in [-0.2, -0.15) is 0 Å². The Bertz CT molecular complexity index is 468. The molecule has 0 amide bonds. The predicted molar refractivity (Wildman–Crippen MR) is 86.2 cm³/mol. The molecule has 20 heavy (non-hydrogen) atoms. The van der Waals surface area contributed by atoms with Gasteiger partial charge in [-0.15, -0.1) is 12.3 Å². The Labute approximate surface area is 130 Å². The van der Waals surface area contributed by atoms with Crippen molar-refractivity contribution in [2.24, 2.45) is 5.73 Å². The molecule has 0 radical (unpaired) electrons. The van der Waals surface area contributed by atoms with E-state index >= 15 is 0 Å². The van der Waals surface area contributed by atoms with Gasteiger partial charge < -0.3 is 15.2 Å². The third-order valence-electron chi connectivity index (χ3n) is 2.88. The highest BCUT2D eigenvalue weighted by atomic mass is 79.9. The number of hydrogen-bond donors (Lipinski definition) is 1. The summed E-state index contributed by atoms with van der Waals surface area (Å²) in [5, 5.41) is 0. The smallest absolute Gasteiger partial charge is 0.175 e. The monoisotopic (exact) mass is 339 g/mol. The van der Waals surface area contributed by atoms with E-state index in [4.69, 9.17) is 21.6 Å². The maximum absolute atomic E-state index is 6.01. The van der Waals surface area contributed by atoms with Crippen molar-refractivity contribution < 1.29 is 9.47 Å². The van der Waals surface area contributed by atoms with Crippen molar-refractivity contribution in [3.63, 3.8) is 0 Å². The molecule has 3 nitrogen and oxygen atoms in total. The maximum Gasteiger partial charge on any atom is 0.175 e. The quantitative estimate of drug-likeness (QED) is 0.582. The molecule has 0 heterocycles. The first-order valence-corrected chi connectivity index (χ1v) is 7.68. The zero-order valence-corrected chi connectivity index (χ0v) is 13.7. The summed E-state index contributed by atoms with van der Waals surface area (Å²) in [6, 6.07) is 4.18. The third-order valence-corrected chi connectivity index (χ3v) is 3.47. The zero-order chi connectivity index (χ0) is 15.0. The van der Waals surface area contributed by atoms with Gasteiger partial charge in [0.2, 0.25) is 0 Å². The largest absolute Gasteiger partial charge is 0.490 e. The number of hydrogen-bond acceptors (Lipinski definition) is 3. The van der Waals surface area contributed by atoms with Crippen LogP contribution in [-0.2, 0) is 6.42 Å². The van der Waals surface area contributed by atoms with E-state index in [1.807, 2.05) is 19.1 Å². The second-order valence-electron chi connectivity index (χ2n) is 4.51. The SMILES string of the molecule is C#CCCOc1c(Br)cc(CC(N)CC)cc1OCC. The Balaban J connectivity index is 2.96. The van der Waals surface area contributed by atoms with E-state index < -0.39 is 0 Å². The molecule has 0 aliphatic heterocycles. The standard InChI is InChI=1S/C16H22BrNO2/c1-4-7-8-20-16-14(17)10-12(9-13(18)5-2)11-15(16)19-6-3/h1,10-11,13H,5-9,18H2,2-3H3. The highest BCUT2D eigenvalue weighted by molar-refractivity contribution is 9.10. The summed E-state index contributed by atoms with van der Waals surface area (Å²) in [5.41, 5.74) is 7.14. The number of benzene rings is 1. The summed E-state index contributed by atoms with van der Waals surface area (Å²) in [4.78, 5) is 0. The number of rotatable bonds is 8. The Hall–Kier alpha value is -1.18. The fourth-order valence-corrected chi connectivity index (χ4v) is 2.41. The molecule has 4 heteroatoms. The molecular formula is C16H22BrNO2. The summed E-state index contributed by atoms with van der Waals surface area (Å²) in [6.07, 6.45) is 7.57. The van der Waals surface area contributed by atoms with E-state index in [9.17, 15) is 0 Å². The molecule has 0 bridgehead atoms. The highest BCUT2D eigenvalue weighted by Crippen LogP contribution is 2.37. The minimum absolute atomic E-state index is 0.157. The van der Waals surface area contributed by atoms with Crippen molar-refractivity contribution in [1.82, 2.24) is 0 Å². The van der Waals surface area contributed by atoms with Crippen molar-refractivity contribution in [2.45, 2.75) is 39.2 Å². The Morgan fingerprint density at radius 1 is 1.35 bits per heavy atom. The molecule has 1 aromatic rings. The van der Waals surface area contributed by atoms with Crippen LogP contribution in [0.15, 0.2) is 16.6 Å². The second kappa shape index (κ2) is 8.89. The first kappa shape index (κ1) is 16.9. The van der Waals surface area contributed by atoms with Crippen LogP contribution in [0.25, 0.3) is 0 Å². The van der Waals surface area contributed by atoms with E-state index in [1.165, 1.54) is 0 Å². The number of ether oxygens (including phenoxy) is 2. The van der Waals surface area contributed by atoms with Crippen LogP contribution in [0.5, 0.6) is 11.5 Å². The van der Waals surface area contributed by atoms with Crippen LogP contribution in [0.4, 0.5) is 0 Å². The van der Waals surface area contributed by atoms with Gasteiger partial charge in [0.25, 0.3) is 0 Å². The third kappa shape index (κ3) is 5.07. The summed E-state index contributed by atoms with van der Waals surface area (Å²) < 4.78 is 12.2. The summed E-state index contributed by atoms with van der Waals surface area (Å²) >= 11 is 3.53. The average molecular weight is 340 g/mol. The topological polar surface area (TPSA) is 44.5 Å². The molecule has 0 aliphatic rings. The van der Waals surface area contributed by atoms with Gasteiger partial charge >= 0.3 is 0 Å².